The maximum Gasteiger partial charge on any atom is 0.126 e. The van der Waals surface area contributed by atoms with Crippen LogP contribution >= 0.6 is 0 Å². The fourth-order valence-corrected chi connectivity index (χ4v) is 2.97. The molecule has 0 saturated heterocycles. The van der Waals surface area contributed by atoms with Crippen LogP contribution < -0.4 is 11.1 Å². The summed E-state index contributed by atoms with van der Waals surface area (Å²) in [6.07, 6.45) is 2.80. The van der Waals surface area contributed by atoms with Gasteiger partial charge in [0.1, 0.15) is 5.82 Å². The van der Waals surface area contributed by atoms with Crippen LogP contribution in [0.25, 0.3) is 0 Å². The van der Waals surface area contributed by atoms with E-state index in [0.717, 1.165) is 36.9 Å². The molecule has 1 aliphatic rings. The zero-order valence-electron chi connectivity index (χ0n) is 12.1. The summed E-state index contributed by atoms with van der Waals surface area (Å²) in [6, 6.07) is 14.1. The summed E-state index contributed by atoms with van der Waals surface area (Å²) in [7, 11) is 0. The van der Waals surface area contributed by atoms with Crippen molar-refractivity contribution in [1.29, 1.82) is 0 Å². The second-order valence-electron chi connectivity index (χ2n) is 5.72. The highest BCUT2D eigenvalue weighted by atomic mass is 19.1. The summed E-state index contributed by atoms with van der Waals surface area (Å²) >= 11 is 0. The van der Waals surface area contributed by atoms with Crippen LogP contribution in [0.15, 0.2) is 42.5 Å². The summed E-state index contributed by atoms with van der Waals surface area (Å²) in [5.74, 6) is -0.0636. The molecular formula is C18H21FN2. The number of halogens is 1. The highest BCUT2D eigenvalue weighted by molar-refractivity contribution is 5.32. The molecule has 3 heteroatoms. The second kappa shape index (κ2) is 6.37. The number of nitrogens with one attached hydrogen (secondary N) is 1. The van der Waals surface area contributed by atoms with E-state index in [1.54, 1.807) is 12.1 Å². The largest absolute Gasteiger partial charge is 0.326 e. The van der Waals surface area contributed by atoms with Crippen LogP contribution in [-0.4, -0.2) is 6.04 Å². The molecule has 3 N–H and O–H groups in total. The number of hydrogen-bond acceptors (Lipinski definition) is 2. The molecule has 21 heavy (non-hydrogen) atoms. The zero-order valence-corrected chi connectivity index (χ0v) is 12.1. The van der Waals surface area contributed by atoms with Crippen LogP contribution in [0.1, 0.15) is 28.7 Å². The predicted molar refractivity (Wildman–Crippen MR) is 83.4 cm³/mol. The Balaban J connectivity index is 1.60. The van der Waals surface area contributed by atoms with Crippen molar-refractivity contribution in [2.24, 2.45) is 5.73 Å². The molecule has 1 atom stereocenters. The molecule has 0 bridgehead atoms. The lowest BCUT2D eigenvalue weighted by molar-refractivity contribution is 0.445. The summed E-state index contributed by atoms with van der Waals surface area (Å²) in [5, 5.41) is 3.55. The van der Waals surface area contributed by atoms with Gasteiger partial charge in [0, 0.05) is 19.1 Å². The number of hydrogen-bond donors (Lipinski definition) is 2. The summed E-state index contributed by atoms with van der Waals surface area (Å²) in [5.41, 5.74) is 10.0. The molecule has 3 rings (SSSR count). The lowest BCUT2D eigenvalue weighted by Crippen LogP contribution is -2.34. The Labute approximate surface area is 125 Å². The van der Waals surface area contributed by atoms with E-state index < -0.39 is 0 Å². The topological polar surface area (TPSA) is 38.0 Å². The maximum atomic E-state index is 13.9. The zero-order chi connectivity index (χ0) is 14.7. The first-order valence-corrected chi connectivity index (χ1v) is 7.54. The molecule has 2 aromatic carbocycles. The van der Waals surface area contributed by atoms with Gasteiger partial charge in [0.2, 0.25) is 0 Å². The maximum absolute atomic E-state index is 13.9. The molecule has 1 unspecified atom stereocenters. The highest BCUT2D eigenvalue weighted by Gasteiger charge is 2.20. The molecule has 0 amide bonds. The van der Waals surface area contributed by atoms with Gasteiger partial charge in [0.15, 0.2) is 0 Å². The Morgan fingerprint density at radius 3 is 2.62 bits per heavy atom. The van der Waals surface area contributed by atoms with Crippen LogP contribution in [0.2, 0.25) is 0 Å². The van der Waals surface area contributed by atoms with Gasteiger partial charge in [-0.15, -0.1) is 0 Å². The number of nitrogens with two attached hydrogens (primary N) is 1. The van der Waals surface area contributed by atoms with Gasteiger partial charge in [-0.3, -0.25) is 0 Å². The molecule has 1 aliphatic carbocycles. The van der Waals surface area contributed by atoms with Crippen molar-refractivity contribution >= 4 is 0 Å². The van der Waals surface area contributed by atoms with E-state index >= 15 is 0 Å². The second-order valence-corrected chi connectivity index (χ2v) is 5.72. The minimum Gasteiger partial charge on any atom is -0.326 e. The van der Waals surface area contributed by atoms with Crippen molar-refractivity contribution in [3.05, 3.63) is 70.5 Å². The fourth-order valence-electron chi connectivity index (χ4n) is 2.97. The van der Waals surface area contributed by atoms with Gasteiger partial charge in [-0.1, -0.05) is 36.4 Å². The van der Waals surface area contributed by atoms with Gasteiger partial charge in [0.05, 0.1) is 0 Å². The van der Waals surface area contributed by atoms with Crippen molar-refractivity contribution in [1.82, 2.24) is 5.32 Å². The van der Waals surface area contributed by atoms with Crippen molar-refractivity contribution in [3.63, 3.8) is 0 Å². The quantitative estimate of drug-likeness (QED) is 0.906. The molecule has 0 saturated carbocycles. The van der Waals surface area contributed by atoms with Crippen molar-refractivity contribution in [2.75, 3.05) is 0 Å². The number of aryl methyl sites for hydroxylation is 1. The van der Waals surface area contributed by atoms with Gasteiger partial charge in [-0.2, -0.15) is 0 Å². The number of fused-ring (bicyclic) bond motifs is 1. The molecule has 110 valence electrons. The Hall–Kier alpha value is -1.71. The van der Waals surface area contributed by atoms with Crippen molar-refractivity contribution in [2.45, 2.75) is 38.4 Å². The summed E-state index contributed by atoms with van der Waals surface area (Å²) in [6.45, 7) is 1.39. The van der Waals surface area contributed by atoms with E-state index in [4.69, 9.17) is 5.73 Å². The van der Waals surface area contributed by atoms with E-state index in [0.29, 0.717) is 12.6 Å². The van der Waals surface area contributed by atoms with Crippen LogP contribution in [0.3, 0.4) is 0 Å². The third-order valence-corrected chi connectivity index (χ3v) is 4.28. The van der Waals surface area contributed by atoms with Crippen LogP contribution in [0, 0.1) is 5.82 Å². The van der Waals surface area contributed by atoms with Gasteiger partial charge in [-0.05, 0) is 47.6 Å². The minimum atomic E-state index is -0.0636. The molecule has 0 fully saturated rings. The standard InChI is InChI=1S/C18H21FN2/c19-18-3-1-2-15-8-9-16(10-17(15)18)21-12-14-6-4-13(11-20)5-7-14/h1-7,16,21H,8-12,20H2. The first-order valence-electron chi connectivity index (χ1n) is 7.54. The fraction of sp³-hybridized carbons (Fsp3) is 0.333. The summed E-state index contributed by atoms with van der Waals surface area (Å²) in [4.78, 5) is 0. The van der Waals surface area contributed by atoms with Gasteiger partial charge >= 0.3 is 0 Å². The van der Waals surface area contributed by atoms with Crippen LogP contribution in [0.4, 0.5) is 4.39 Å². The Morgan fingerprint density at radius 1 is 1.10 bits per heavy atom. The Bertz CT molecular complexity index is 607. The molecule has 0 spiro atoms. The van der Waals surface area contributed by atoms with E-state index in [9.17, 15) is 4.39 Å². The van der Waals surface area contributed by atoms with Crippen molar-refractivity contribution < 1.29 is 4.39 Å². The smallest absolute Gasteiger partial charge is 0.126 e. The molecular weight excluding hydrogens is 263 g/mol. The third kappa shape index (κ3) is 3.31. The van der Waals surface area contributed by atoms with Crippen LogP contribution in [0.5, 0.6) is 0 Å². The van der Waals surface area contributed by atoms with Crippen LogP contribution in [-0.2, 0) is 25.9 Å². The SMILES string of the molecule is NCc1ccc(CNC2CCc3cccc(F)c3C2)cc1. The first-order chi connectivity index (χ1) is 10.3. The number of benzene rings is 2. The van der Waals surface area contributed by atoms with Gasteiger partial charge < -0.3 is 11.1 Å². The first kappa shape index (κ1) is 14.2. The molecule has 0 heterocycles. The lowest BCUT2D eigenvalue weighted by atomic mass is 9.88. The molecule has 2 nitrogen and oxygen atoms in total. The summed E-state index contributed by atoms with van der Waals surface area (Å²) < 4.78 is 13.9. The molecule has 0 aromatic heterocycles. The van der Waals surface area contributed by atoms with Gasteiger partial charge in [-0.25, -0.2) is 4.39 Å². The predicted octanol–water partition coefficient (Wildman–Crippen LogP) is 2.93. The molecule has 0 radical (unpaired) electrons. The Kier molecular flexibility index (Phi) is 4.32. The van der Waals surface area contributed by atoms with E-state index in [1.807, 2.05) is 6.07 Å². The Morgan fingerprint density at radius 2 is 1.86 bits per heavy atom. The van der Waals surface area contributed by atoms with Gasteiger partial charge in [0.25, 0.3) is 0 Å². The monoisotopic (exact) mass is 284 g/mol. The normalized spacial score (nSPS) is 17.5. The lowest BCUT2D eigenvalue weighted by Gasteiger charge is -2.26. The van der Waals surface area contributed by atoms with Crippen molar-refractivity contribution in [3.8, 4) is 0 Å². The average Bonchev–Trinajstić information content (AvgIpc) is 2.54. The number of rotatable bonds is 4. The third-order valence-electron chi connectivity index (χ3n) is 4.28. The minimum absolute atomic E-state index is 0.0636. The van der Waals surface area contributed by atoms with E-state index in [2.05, 4.69) is 29.6 Å². The average molecular weight is 284 g/mol. The molecule has 2 aromatic rings. The highest BCUT2D eigenvalue weighted by Crippen LogP contribution is 2.24. The van der Waals surface area contributed by atoms with E-state index in [1.165, 1.54) is 11.1 Å². The van der Waals surface area contributed by atoms with E-state index in [-0.39, 0.29) is 5.82 Å². The molecule has 0 aliphatic heterocycles.